The number of hydrogen-bond donors (Lipinski definition) is 1. The molecule has 0 spiro atoms. The predicted octanol–water partition coefficient (Wildman–Crippen LogP) is 1.60. The van der Waals surface area contributed by atoms with Crippen molar-refractivity contribution in [3.05, 3.63) is 11.9 Å². The van der Waals surface area contributed by atoms with Crippen LogP contribution < -0.4 is 10.2 Å². The molecule has 1 aromatic heterocycles. The highest BCUT2D eigenvalue weighted by Crippen LogP contribution is 2.18. The van der Waals surface area contributed by atoms with Crippen molar-refractivity contribution in [2.75, 3.05) is 44.4 Å². The fourth-order valence-corrected chi connectivity index (χ4v) is 2.15. The molecule has 1 rings (SSSR count). The molecular formula is C13H25N5. The molecule has 5 nitrogen and oxygen atoms in total. The van der Waals surface area contributed by atoms with Crippen LogP contribution in [0.3, 0.4) is 0 Å². The third-order valence-corrected chi connectivity index (χ3v) is 2.88. The zero-order chi connectivity index (χ0) is 13.7. The van der Waals surface area contributed by atoms with Crippen LogP contribution in [0.2, 0.25) is 0 Å². The van der Waals surface area contributed by atoms with Gasteiger partial charge in [-0.05, 0) is 34.9 Å². The minimum Gasteiger partial charge on any atom is -0.373 e. The van der Waals surface area contributed by atoms with E-state index < -0.39 is 0 Å². The van der Waals surface area contributed by atoms with Crippen LogP contribution in [0.4, 0.5) is 11.6 Å². The zero-order valence-electron chi connectivity index (χ0n) is 12.4. The van der Waals surface area contributed by atoms with E-state index in [0.29, 0.717) is 6.04 Å². The first-order valence-corrected chi connectivity index (χ1v) is 6.42. The molecule has 1 heterocycles. The molecule has 0 aliphatic rings. The van der Waals surface area contributed by atoms with E-state index in [0.717, 1.165) is 30.5 Å². The van der Waals surface area contributed by atoms with Crippen molar-refractivity contribution in [3.63, 3.8) is 0 Å². The normalized spacial score (nSPS) is 12.6. The van der Waals surface area contributed by atoms with E-state index in [1.807, 2.05) is 20.0 Å². The summed E-state index contributed by atoms with van der Waals surface area (Å²) in [6.07, 6.45) is 0. The standard InChI is InChI=1S/C13H25N5/c1-7-18(10(2)9-17(5)6)13-8-12(14-4)15-11(3)16-13/h8,10H,7,9H2,1-6H3,(H,14,15,16). The summed E-state index contributed by atoms with van der Waals surface area (Å²) < 4.78 is 0. The van der Waals surface area contributed by atoms with E-state index >= 15 is 0 Å². The van der Waals surface area contributed by atoms with E-state index in [1.54, 1.807) is 0 Å². The van der Waals surface area contributed by atoms with Crippen molar-refractivity contribution in [2.45, 2.75) is 26.8 Å². The molecular weight excluding hydrogens is 226 g/mol. The molecule has 0 amide bonds. The number of nitrogens with zero attached hydrogens (tertiary/aromatic N) is 4. The van der Waals surface area contributed by atoms with E-state index in [9.17, 15) is 0 Å². The van der Waals surface area contributed by atoms with E-state index in [2.05, 4.69) is 53.0 Å². The number of aryl methyl sites for hydroxylation is 1. The number of likely N-dealkylation sites (N-methyl/N-ethyl adjacent to an activating group) is 2. The largest absolute Gasteiger partial charge is 0.373 e. The molecule has 0 radical (unpaired) electrons. The minimum absolute atomic E-state index is 0.420. The zero-order valence-corrected chi connectivity index (χ0v) is 12.4. The Balaban J connectivity index is 2.97. The monoisotopic (exact) mass is 251 g/mol. The Hall–Kier alpha value is -1.36. The Bertz CT molecular complexity index is 378. The molecule has 0 saturated carbocycles. The van der Waals surface area contributed by atoms with Crippen molar-refractivity contribution >= 4 is 11.6 Å². The molecule has 0 aliphatic carbocycles. The van der Waals surface area contributed by atoms with Gasteiger partial charge in [0.2, 0.25) is 0 Å². The van der Waals surface area contributed by atoms with Crippen LogP contribution in [-0.2, 0) is 0 Å². The highest BCUT2D eigenvalue weighted by molar-refractivity contribution is 5.49. The van der Waals surface area contributed by atoms with Gasteiger partial charge in [-0.1, -0.05) is 0 Å². The second-order valence-electron chi connectivity index (χ2n) is 4.81. The summed E-state index contributed by atoms with van der Waals surface area (Å²) in [6, 6.07) is 2.42. The Morgan fingerprint density at radius 3 is 2.50 bits per heavy atom. The molecule has 18 heavy (non-hydrogen) atoms. The lowest BCUT2D eigenvalue weighted by molar-refractivity contribution is 0.372. The first-order valence-electron chi connectivity index (χ1n) is 6.42. The summed E-state index contributed by atoms with van der Waals surface area (Å²) in [5.74, 6) is 2.66. The second-order valence-corrected chi connectivity index (χ2v) is 4.81. The van der Waals surface area contributed by atoms with Gasteiger partial charge >= 0.3 is 0 Å². The topological polar surface area (TPSA) is 44.3 Å². The number of anilines is 2. The Kier molecular flexibility index (Phi) is 5.34. The lowest BCUT2D eigenvalue weighted by Gasteiger charge is -2.31. The van der Waals surface area contributed by atoms with Crippen molar-refractivity contribution in [2.24, 2.45) is 0 Å². The van der Waals surface area contributed by atoms with Crippen LogP contribution in [-0.4, -0.2) is 55.1 Å². The fraction of sp³-hybridized carbons (Fsp3) is 0.692. The molecule has 1 aromatic rings. The van der Waals surface area contributed by atoms with Gasteiger partial charge in [-0.3, -0.25) is 0 Å². The Morgan fingerprint density at radius 2 is 2.00 bits per heavy atom. The molecule has 0 fully saturated rings. The highest BCUT2D eigenvalue weighted by Gasteiger charge is 2.16. The summed E-state index contributed by atoms with van der Waals surface area (Å²) in [6.45, 7) is 8.25. The molecule has 0 saturated heterocycles. The SMILES string of the molecule is CCN(c1cc(NC)nc(C)n1)C(C)CN(C)C. The average Bonchev–Trinajstić information content (AvgIpc) is 2.28. The molecule has 1 N–H and O–H groups in total. The predicted molar refractivity (Wildman–Crippen MR) is 77.4 cm³/mol. The van der Waals surface area contributed by atoms with Gasteiger partial charge in [0.15, 0.2) is 0 Å². The second kappa shape index (κ2) is 6.54. The van der Waals surface area contributed by atoms with Gasteiger partial charge in [0, 0.05) is 32.2 Å². The number of hydrogen-bond acceptors (Lipinski definition) is 5. The van der Waals surface area contributed by atoms with Crippen molar-refractivity contribution < 1.29 is 0 Å². The van der Waals surface area contributed by atoms with E-state index in [1.165, 1.54) is 0 Å². The summed E-state index contributed by atoms with van der Waals surface area (Å²) >= 11 is 0. The van der Waals surface area contributed by atoms with Crippen LogP contribution in [0.5, 0.6) is 0 Å². The van der Waals surface area contributed by atoms with Gasteiger partial charge in [-0.15, -0.1) is 0 Å². The van der Waals surface area contributed by atoms with Crippen molar-refractivity contribution in [1.82, 2.24) is 14.9 Å². The van der Waals surface area contributed by atoms with Crippen LogP contribution in [0.15, 0.2) is 6.07 Å². The quantitative estimate of drug-likeness (QED) is 0.832. The van der Waals surface area contributed by atoms with E-state index in [4.69, 9.17) is 0 Å². The first kappa shape index (κ1) is 14.7. The van der Waals surface area contributed by atoms with Crippen LogP contribution in [0, 0.1) is 6.92 Å². The molecule has 5 heteroatoms. The Morgan fingerprint density at radius 1 is 1.33 bits per heavy atom. The third kappa shape index (κ3) is 3.84. The molecule has 0 aliphatic heterocycles. The molecule has 1 unspecified atom stereocenters. The van der Waals surface area contributed by atoms with Gasteiger partial charge < -0.3 is 15.1 Å². The summed E-state index contributed by atoms with van der Waals surface area (Å²) in [7, 11) is 6.06. The summed E-state index contributed by atoms with van der Waals surface area (Å²) in [4.78, 5) is 13.4. The highest BCUT2D eigenvalue weighted by atomic mass is 15.2. The molecule has 0 bridgehead atoms. The number of nitrogens with one attached hydrogen (secondary N) is 1. The summed E-state index contributed by atoms with van der Waals surface area (Å²) in [5, 5.41) is 3.08. The van der Waals surface area contributed by atoms with E-state index in [-0.39, 0.29) is 0 Å². The Labute approximate surface area is 110 Å². The first-order chi connectivity index (χ1) is 8.47. The average molecular weight is 251 g/mol. The van der Waals surface area contributed by atoms with Crippen molar-refractivity contribution in [3.8, 4) is 0 Å². The fourth-order valence-electron chi connectivity index (χ4n) is 2.15. The van der Waals surface area contributed by atoms with Gasteiger partial charge in [0.05, 0.1) is 0 Å². The van der Waals surface area contributed by atoms with Gasteiger partial charge in [-0.2, -0.15) is 0 Å². The maximum atomic E-state index is 4.54. The number of aromatic nitrogens is 2. The van der Waals surface area contributed by atoms with Crippen LogP contribution in [0.25, 0.3) is 0 Å². The van der Waals surface area contributed by atoms with Crippen LogP contribution >= 0.6 is 0 Å². The number of rotatable bonds is 6. The van der Waals surface area contributed by atoms with Crippen molar-refractivity contribution in [1.29, 1.82) is 0 Å². The molecule has 1 atom stereocenters. The lowest BCUT2D eigenvalue weighted by atomic mass is 10.2. The lowest BCUT2D eigenvalue weighted by Crippen LogP contribution is -2.40. The smallest absolute Gasteiger partial charge is 0.134 e. The third-order valence-electron chi connectivity index (χ3n) is 2.88. The minimum atomic E-state index is 0.420. The van der Waals surface area contributed by atoms with Gasteiger partial charge in [-0.25, -0.2) is 9.97 Å². The summed E-state index contributed by atoms with van der Waals surface area (Å²) in [5.41, 5.74) is 0. The van der Waals surface area contributed by atoms with Gasteiger partial charge in [0.1, 0.15) is 17.5 Å². The van der Waals surface area contributed by atoms with Gasteiger partial charge in [0.25, 0.3) is 0 Å². The van der Waals surface area contributed by atoms with Crippen LogP contribution in [0.1, 0.15) is 19.7 Å². The molecule has 0 aromatic carbocycles. The maximum Gasteiger partial charge on any atom is 0.134 e. The maximum absolute atomic E-state index is 4.54. The molecule has 102 valence electrons.